The number of nitrogens with zero attached hydrogens (tertiary/aromatic N) is 2. The lowest BCUT2D eigenvalue weighted by molar-refractivity contribution is -0.142. The van der Waals surface area contributed by atoms with E-state index in [1.54, 1.807) is 31.3 Å². The van der Waals surface area contributed by atoms with Crippen molar-refractivity contribution in [3.63, 3.8) is 0 Å². The van der Waals surface area contributed by atoms with E-state index in [0.29, 0.717) is 39.7 Å². The van der Waals surface area contributed by atoms with E-state index < -0.39 is 0 Å². The van der Waals surface area contributed by atoms with Crippen LogP contribution in [-0.2, 0) is 16.0 Å². The van der Waals surface area contributed by atoms with Gasteiger partial charge in [0.15, 0.2) is 5.76 Å². The van der Waals surface area contributed by atoms with E-state index in [1.807, 2.05) is 6.07 Å². The van der Waals surface area contributed by atoms with Gasteiger partial charge < -0.3 is 14.9 Å². The Hall–Kier alpha value is -2.38. The number of anilines is 1. The van der Waals surface area contributed by atoms with E-state index in [2.05, 4.69) is 9.97 Å². The predicted molar refractivity (Wildman–Crippen MR) is 92.8 cm³/mol. The van der Waals surface area contributed by atoms with E-state index >= 15 is 0 Å². The zero-order valence-corrected chi connectivity index (χ0v) is 14.4. The lowest BCUT2D eigenvalue weighted by Gasteiger charge is -2.00. The molecule has 0 saturated carbocycles. The van der Waals surface area contributed by atoms with Gasteiger partial charge in [-0.1, -0.05) is 11.6 Å². The molecule has 3 aromatic rings. The Bertz CT molecular complexity index is 858. The topological polar surface area (TPSA) is 91.2 Å². The monoisotopic (exact) mass is 363 g/mol. The molecule has 0 aromatic carbocycles. The quantitative estimate of drug-likeness (QED) is 0.693. The normalized spacial score (nSPS) is 10.8. The number of rotatable bonds is 5. The summed E-state index contributed by atoms with van der Waals surface area (Å²) in [7, 11) is 0. The van der Waals surface area contributed by atoms with Crippen LogP contribution in [0.25, 0.3) is 22.1 Å². The number of ether oxygens (including phenoxy) is 1. The molecule has 6 nitrogen and oxygen atoms in total. The third-order valence-electron chi connectivity index (χ3n) is 3.14. The van der Waals surface area contributed by atoms with Gasteiger partial charge in [0.05, 0.1) is 33.5 Å². The maximum absolute atomic E-state index is 11.8. The molecule has 0 saturated heterocycles. The number of thiophene rings is 1. The Balaban J connectivity index is 2.01. The Morgan fingerprint density at radius 2 is 2.21 bits per heavy atom. The third-order valence-corrected chi connectivity index (χ3v) is 4.37. The molecule has 0 atom stereocenters. The van der Waals surface area contributed by atoms with Crippen molar-refractivity contribution in [3.05, 3.63) is 40.5 Å². The van der Waals surface area contributed by atoms with Crippen LogP contribution in [-0.4, -0.2) is 22.5 Å². The van der Waals surface area contributed by atoms with Crippen LogP contribution in [0, 0.1) is 0 Å². The van der Waals surface area contributed by atoms with Gasteiger partial charge >= 0.3 is 5.97 Å². The van der Waals surface area contributed by atoms with Crippen LogP contribution in [0.2, 0.25) is 4.34 Å². The molecule has 2 N–H and O–H groups in total. The average molecular weight is 364 g/mol. The summed E-state index contributed by atoms with van der Waals surface area (Å²) in [6, 6.07) is 7.01. The summed E-state index contributed by atoms with van der Waals surface area (Å²) >= 11 is 7.35. The van der Waals surface area contributed by atoms with Gasteiger partial charge in [-0.2, -0.15) is 0 Å². The molecule has 0 aliphatic carbocycles. The molecule has 0 unspecified atom stereocenters. The number of esters is 1. The fourth-order valence-corrected chi connectivity index (χ4v) is 3.15. The Morgan fingerprint density at radius 3 is 2.83 bits per heavy atom. The second kappa shape index (κ2) is 7.02. The van der Waals surface area contributed by atoms with E-state index in [1.165, 1.54) is 11.3 Å². The van der Waals surface area contributed by atoms with Crippen molar-refractivity contribution in [1.29, 1.82) is 0 Å². The summed E-state index contributed by atoms with van der Waals surface area (Å²) < 4.78 is 11.5. The molecular formula is C16H14ClN3O3S. The van der Waals surface area contributed by atoms with Gasteiger partial charge in [0, 0.05) is 6.20 Å². The molecule has 8 heteroatoms. The van der Waals surface area contributed by atoms with Crippen LogP contribution in [0.3, 0.4) is 0 Å². The first-order valence-corrected chi connectivity index (χ1v) is 8.39. The van der Waals surface area contributed by atoms with E-state index in [0.717, 1.165) is 4.88 Å². The van der Waals surface area contributed by atoms with Crippen molar-refractivity contribution in [1.82, 2.24) is 9.97 Å². The van der Waals surface area contributed by atoms with Crippen molar-refractivity contribution >= 4 is 34.7 Å². The maximum atomic E-state index is 11.8. The van der Waals surface area contributed by atoms with Gasteiger partial charge in [-0.05, 0) is 31.2 Å². The van der Waals surface area contributed by atoms with Crippen molar-refractivity contribution < 1.29 is 13.9 Å². The number of carbonyl (C=O) groups is 1. The number of aromatic nitrogens is 2. The zero-order valence-electron chi connectivity index (χ0n) is 12.8. The third kappa shape index (κ3) is 3.58. The molecule has 0 spiro atoms. The minimum Gasteiger partial charge on any atom is -0.466 e. The molecule has 124 valence electrons. The van der Waals surface area contributed by atoms with Crippen LogP contribution >= 0.6 is 22.9 Å². The molecule has 0 bridgehead atoms. The molecule has 0 radical (unpaired) electrons. The fraction of sp³-hybridized carbons (Fsp3) is 0.188. The van der Waals surface area contributed by atoms with E-state index in [4.69, 9.17) is 26.5 Å². The Labute approximate surface area is 147 Å². The molecule has 3 aromatic heterocycles. The predicted octanol–water partition coefficient (Wildman–Crippen LogP) is 3.81. The largest absolute Gasteiger partial charge is 0.466 e. The summed E-state index contributed by atoms with van der Waals surface area (Å²) in [5.41, 5.74) is 6.77. The molecule has 0 aliphatic rings. The first-order chi connectivity index (χ1) is 11.6. The number of carbonyl (C=O) groups excluding carboxylic acids is 1. The first kappa shape index (κ1) is 16.5. The van der Waals surface area contributed by atoms with Crippen LogP contribution in [0.4, 0.5) is 5.82 Å². The fourth-order valence-electron chi connectivity index (χ4n) is 2.10. The van der Waals surface area contributed by atoms with Gasteiger partial charge in [-0.15, -0.1) is 11.3 Å². The Morgan fingerprint density at radius 1 is 1.38 bits per heavy atom. The van der Waals surface area contributed by atoms with Crippen molar-refractivity contribution in [2.24, 2.45) is 0 Å². The second-order valence-corrected chi connectivity index (χ2v) is 6.57. The van der Waals surface area contributed by atoms with Crippen LogP contribution in [0.1, 0.15) is 12.6 Å². The number of halogens is 1. The second-order valence-electron chi connectivity index (χ2n) is 4.85. The highest BCUT2D eigenvalue weighted by Crippen LogP contribution is 2.36. The number of oxazole rings is 1. The summed E-state index contributed by atoms with van der Waals surface area (Å²) in [5, 5.41) is 0. The smallest absolute Gasteiger partial charge is 0.312 e. The summed E-state index contributed by atoms with van der Waals surface area (Å²) in [5.74, 6) is 0.909. The van der Waals surface area contributed by atoms with Crippen molar-refractivity contribution in [2.75, 3.05) is 12.3 Å². The van der Waals surface area contributed by atoms with E-state index in [9.17, 15) is 4.79 Å². The molecule has 0 amide bonds. The highest BCUT2D eigenvalue weighted by atomic mass is 35.5. The minimum atomic E-state index is -0.364. The summed E-state index contributed by atoms with van der Waals surface area (Å²) in [6.45, 7) is 2.07. The highest BCUT2D eigenvalue weighted by molar-refractivity contribution is 7.19. The average Bonchev–Trinajstić information content (AvgIpc) is 3.14. The lowest BCUT2D eigenvalue weighted by atomic mass is 10.2. The minimum absolute atomic E-state index is 0.0184. The summed E-state index contributed by atoms with van der Waals surface area (Å²) in [4.78, 5) is 21.1. The highest BCUT2D eigenvalue weighted by Gasteiger charge is 2.21. The van der Waals surface area contributed by atoms with Crippen LogP contribution in [0.5, 0.6) is 0 Å². The molecule has 0 aliphatic heterocycles. The molecular weight excluding hydrogens is 350 g/mol. The van der Waals surface area contributed by atoms with Crippen LogP contribution in [0.15, 0.2) is 34.9 Å². The molecule has 0 fully saturated rings. The first-order valence-electron chi connectivity index (χ1n) is 7.19. The lowest BCUT2D eigenvalue weighted by Crippen LogP contribution is -2.08. The Kier molecular flexibility index (Phi) is 4.82. The van der Waals surface area contributed by atoms with E-state index in [-0.39, 0.29) is 12.4 Å². The van der Waals surface area contributed by atoms with Gasteiger partial charge in [0.1, 0.15) is 5.82 Å². The SMILES string of the molecule is CCOC(=O)Cc1nc(-c2ccc(N)nc2)oc1-c1ccc(Cl)s1. The van der Waals surface area contributed by atoms with Crippen LogP contribution < -0.4 is 5.73 Å². The standard InChI is InChI=1S/C16H14ClN3O3S/c1-2-22-14(21)7-10-15(11-4-5-12(17)24-11)23-16(20-10)9-3-6-13(18)19-8-9/h3-6,8H,2,7H2,1H3,(H2,18,19). The zero-order chi connectivity index (χ0) is 17.1. The maximum Gasteiger partial charge on any atom is 0.312 e. The molecule has 3 heterocycles. The molecule has 24 heavy (non-hydrogen) atoms. The molecule has 3 rings (SSSR count). The number of hydrogen-bond acceptors (Lipinski definition) is 7. The number of hydrogen-bond donors (Lipinski definition) is 1. The number of pyridine rings is 1. The summed E-state index contributed by atoms with van der Waals surface area (Å²) in [6.07, 6.45) is 1.59. The number of nitrogen functional groups attached to an aromatic ring is 1. The number of nitrogens with two attached hydrogens (primary N) is 1. The van der Waals surface area contributed by atoms with Crippen molar-refractivity contribution in [3.8, 4) is 22.1 Å². The van der Waals surface area contributed by atoms with Gasteiger partial charge in [-0.3, -0.25) is 4.79 Å². The van der Waals surface area contributed by atoms with Crippen molar-refractivity contribution in [2.45, 2.75) is 13.3 Å². The van der Waals surface area contributed by atoms with Gasteiger partial charge in [0.25, 0.3) is 0 Å². The van der Waals surface area contributed by atoms with Gasteiger partial charge in [-0.25, -0.2) is 9.97 Å². The van der Waals surface area contributed by atoms with Gasteiger partial charge in [0.2, 0.25) is 5.89 Å².